The van der Waals surface area contributed by atoms with Crippen molar-refractivity contribution in [1.29, 1.82) is 0 Å². The molecule has 0 aliphatic carbocycles. The van der Waals surface area contributed by atoms with E-state index in [-0.39, 0.29) is 12.4 Å². The van der Waals surface area contributed by atoms with Crippen LogP contribution in [-0.2, 0) is 0 Å². The van der Waals surface area contributed by atoms with Gasteiger partial charge in [0.25, 0.3) is 0 Å². The minimum Gasteiger partial charge on any atom is -0.329 e. The Morgan fingerprint density at radius 3 is 3.00 bits per heavy atom. The van der Waals surface area contributed by atoms with Crippen LogP contribution in [0.1, 0.15) is 0 Å². The van der Waals surface area contributed by atoms with Crippen molar-refractivity contribution in [3.8, 4) is 11.5 Å². The van der Waals surface area contributed by atoms with Crippen LogP contribution in [-0.4, -0.2) is 19.9 Å². The van der Waals surface area contributed by atoms with Crippen molar-refractivity contribution in [1.82, 2.24) is 19.9 Å². The van der Waals surface area contributed by atoms with E-state index in [1.807, 2.05) is 0 Å². The molecule has 0 fully saturated rings. The van der Waals surface area contributed by atoms with Gasteiger partial charge in [0.2, 0.25) is 0 Å². The molecule has 0 aromatic carbocycles. The monoisotopic (exact) mass is 156 g/mol. The summed E-state index contributed by atoms with van der Waals surface area (Å²) in [6.07, 6.45) is 4.75. The first-order chi connectivity index (χ1) is 4.47. The zero-order chi connectivity index (χ0) is 6.10. The second kappa shape index (κ2) is 2.62. The van der Waals surface area contributed by atoms with E-state index < -0.39 is 0 Å². The van der Waals surface area contributed by atoms with Gasteiger partial charge in [-0.05, 0) is 0 Å². The second-order valence-electron chi connectivity index (χ2n) is 1.66. The number of imidazole rings is 1. The highest BCUT2D eigenvalue weighted by molar-refractivity contribution is 5.85. The molecule has 0 radical (unpaired) electrons. The average molecular weight is 157 g/mol. The number of fused-ring (bicyclic) bond motifs is 1. The predicted octanol–water partition coefficient (Wildman–Crippen LogP) is 0.726. The molecule has 1 N–H and O–H groups in total. The maximum Gasteiger partial charge on any atom is 0.160 e. The summed E-state index contributed by atoms with van der Waals surface area (Å²) in [4.78, 5) is 14.5. The molecule has 0 spiro atoms. The number of halogens is 1. The summed E-state index contributed by atoms with van der Waals surface area (Å²) in [6.45, 7) is 0. The summed E-state index contributed by atoms with van der Waals surface area (Å²) in [7, 11) is 0. The standard InChI is InChI=1S/C5H4N4.ClH/c1-4-5(8-2-6-1)9-3-7-4;/h1-3H,(H,6,7,8,9);1H. The van der Waals surface area contributed by atoms with Crippen LogP contribution in [0.2, 0.25) is 0 Å². The third kappa shape index (κ3) is 0.930. The number of aromatic nitrogens is 4. The maximum atomic E-state index is 3.91. The van der Waals surface area contributed by atoms with Crippen molar-refractivity contribution in [2.24, 2.45) is 0 Å². The fraction of sp³-hybridized carbons (Fsp3) is 0. The van der Waals surface area contributed by atoms with Crippen LogP contribution in [0.5, 0.6) is 0 Å². The molecule has 0 amide bonds. The van der Waals surface area contributed by atoms with Crippen LogP contribution in [0, 0.1) is 0 Å². The van der Waals surface area contributed by atoms with Crippen LogP contribution >= 0.6 is 12.4 Å². The Bertz CT molecular complexity index is 254. The van der Waals surface area contributed by atoms with Gasteiger partial charge in [0.15, 0.2) is 5.82 Å². The van der Waals surface area contributed by atoms with Crippen LogP contribution < -0.4 is 0 Å². The van der Waals surface area contributed by atoms with Crippen LogP contribution in [0.3, 0.4) is 0 Å². The van der Waals surface area contributed by atoms with Crippen molar-refractivity contribution < 1.29 is 0 Å². The van der Waals surface area contributed by atoms with Crippen LogP contribution in [0.25, 0.3) is 11.5 Å². The number of rotatable bonds is 0. The minimum atomic E-state index is 0. The van der Waals surface area contributed by atoms with Gasteiger partial charge in [0.1, 0.15) is 12.0 Å². The van der Waals surface area contributed by atoms with Crippen molar-refractivity contribution in [3.05, 3.63) is 18.9 Å². The number of hydrogen-bond acceptors (Lipinski definition) is 3. The number of nitrogens with zero attached hydrogens (tertiary/aromatic N) is 3. The van der Waals surface area contributed by atoms with Gasteiger partial charge in [-0.2, -0.15) is 0 Å². The molecule has 52 valence electrons. The van der Waals surface area contributed by atoms with Gasteiger partial charge >= 0.3 is 0 Å². The molecule has 0 bridgehead atoms. The van der Waals surface area contributed by atoms with E-state index >= 15 is 0 Å². The molecule has 4 nitrogen and oxygen atoms in total. The smallest absolute Gasteiger partial charge is 0.160 e. The molecule has 5 heteroatoms. The Kier molecular flexibility index (Phi) is 1.82. The highest BCUT2D eigenvalue weighted by atomic mass is 35.5. The van der Waals surface area contributed by atoms with Crippen LogP contribution in [0.4, 0.5) is 0 Å². The fourth-order valence-electron chi connectivity index (χ4n) is 0.688. The van der Waals surface area contributed by atoms with E-state index in [0.717, 1.165) is 11.5 Å². The maximum absolute atomic E-state index is 3.91. The molecule has 0 saturated heterocycles. The van der Waals surface area contributed by atoms with E-state index in [2.05, 4.69) is 19.9 Å². The van der Waals surface area contributed by atoms with Gasteiger partial charge in [-0.25, -0.2) is 15.0 Å². The molecule has 0 aromatic heterocycles. The van der Waals surface area contributed by atoms with Gasteiger partial charge in [0, 0.05) is 0 Å². The van der Waals surface area contributed by atoms with Crippen molar-refractivity contribution in [2.75, 3.05) is 0 Å². The van der Waals surface area contributed by atoms with E-state index in [0.29, 0.717) is 0 Å². The Morgan fingerprint density at radius 2 is 2.20 bits per heavy atom. The van der Waals surface area contributed by atoms with E-state index in [4.69, 9.17) is 0 Å². The lowest BCUT2D eigenvalue weighted by Crippen LogP contribution is -1.84. The third-order valence-corrected chi connectivity index (χ3v) is 1.10. The van der Waals surface area contributed by atoms with Gasteiger partial charge in [-0.3, -0.25) is 0 Å². The summed E-state index contributed by atoms with van der Waals surface area (Å²) in [5, 5.41) is 0. The van der Waals surface area contributed by atoms with E-state index in [1.54, 1.807) is 12.5 Å². The quantitative estimate of drug-likeness (QED) is 0.612. The molecule has 2 rings (SSSR count). The molecule has 2 aliphatic rings. The first-order valence-corrected chi connectivity index (χ1v) is 2.56. The Hall–Kier alpha value is -1.16. The fourth-order valence-corrected chi connectivity index (χ4v) is 0.688. The molecule has 10 heavy (non-hydrogen) atoms. The summed E-state index contributed by atoms with van der Waals surface area (Å²) in [5.74, 6) is 0.782. The summed E-state index contributed by atoms with van der Waals surface area (Å²) < 4.78 is 0. The second-order valence-corrected chi connectivity index (χ2v) is 1.66. The van der Waals surface area contributed by atoms with Gasteiger partial charge in [0.05, 0.1) is 12.5 Å². The first kappa shape index (κ1) is 6.95. The van der Waals surface area contributed by atoms with E-state index in [9.17, 15) is 0 Å². The largest absolute Gasteiger partial charge is 0.329 e. The molecule has 2 aliphatic heterocycles. The normalized spacial score (nSPS) is 9.20. The SMILES string of the molecule is Cl.c1nc2cnc[nH]c-2n1. The number of aromatic amines is 1. The molecule has 0 saturated carbocycles. The zero-order valence-corrected chi connectivity index (χ0v) is 5.80. The van der Waals surface area contributed by atoms with Gasteiger partial charge in [-0.15, -0.1) is 12.4 Å². The lowest BCUT2D eigenvalue weighted by molar-refractivity contribution is 1.13. The predicted molar refractivity (Wildman–Crippen MR) is 38.0 cm³/mol. The van der Waals surface area contributed by atoms with E-state index in [1.165, 1.54) is 6.33 Å². The zero-order valence-electron chi connectivity index (χ0n) is 4.98. The Balaban J connectivity index is 0.000000500. The summed E-state index contributed by atoms with van der Waals surface area (Å²) >= 11 is 0. The molecular weight excluding hydrogens is 152 g/mol. The number of nitrogens with one attached hydrogen (secondary N) is 1. The average Bonchev–Trinajstić information content (AvgIpc) is 2.33. The third-order valence-electron chi connectivity index (χ3n) is 1.10. The van der Waals surface area contributed by atoms with Crippen molar-refractivity contribution in [3.63, 3.8) is 0 Å². The van der Waals surface area contributed by atoms with Gasteiger partial charge < -0.3 is 4.98 Å². The molecule has 0 unspecified atom stereocenters. The Morgan fingerprint density at radius 1 is 1.30 bits per heavy atom. The topological polar surface area (TPSA) is 54.5 Å². The summed E-state index contributed by atoms with van der Waals surface area (Å²) in [5.41, 5.74) is 0.803. The first-order valence-electron chi connectivity index (χ1n) is 2.56. The van der Waals surface area contributed by atoms with Gasteiger partial charge in [-0.1, -0.05) is 0 Å². The molecular formula is C5H5ClN4. The summed E-state index contributed by atoms with van der Waals surface area (Å²) in [6, 6.07) is 0. The van der Waals surface area contributed by atoms with Crippen molar-refractivity contribution >= 4 is 12.4 Å². The minimum absolute atomic E-state index is 0. The lowest BCUT2D eigenvalue weighted by Gasteiger charge is -1.89. The highest BCUT2D eigenvalue weighted by Crippen LogP contribution is 2.08. The van der Waals surface area contributed by atoms with Crippen molar-refractivity contribution in [2.45, 2.75) is 0 Å². The highest BCUT2D eigenvalue weighted by Gasteiger charge is 2.01. The lowest BCUT2D eigenvalue weighted by atomic mass is 10.4. The molecule has 0 aromatic rings. The molecule has 2 heterocycles. The molecule has 0 atom stereocenters. The number of H-pyrrole nitrogens is 1. The Labute approximate surface area is 63.5 Å². The number of hydrogen-bond donors (Lipinski definition) is 1. The van der Waals surface area contributed by atoms with Crippen LogP contribution in [0.15, 0.2) is 18.9 Å².